The Morgan fingerprint density at radius 1 is 1.40 bits per heavy atom. The van der Waals surface area contributed by atoms with E-state index < -0.39 is 10.0 Å². The summed E-state index contributed by atoms with van der Waals surface area (Å²) in [6.07, 6.45) is 0. The van der Waals surface area contributed by atoms with Crippen molar-refractivity contribution in [1.82, 2.24) is 9.88 Å². The first kappa shape index (κ1) is 15.2. The molecule has 0 aliphatic carbocycles. The van der Waals surface area contributed by atoms with Crippen LogP contribution in [0.4, 0.5) is 0 Å². The molecule has 0 saturated heterocycles. The third kappa shape index (κ3) is 3.45. The molecule has 0 atom stereocenters. The van der Waals surface area contributed by atoms with Gasteiger partial charge < -0.3 is 9.63 Å². The number of hydrogen-bond acceptors (Lipinski definition) is 5. The van der Waals surface area contributed by atoms with E-state index in [1.807, 2.05) is 0 Å². The van der Waals surface area contributed by atoms with E-state index in [2.05, 4.69) is 25.8 Å². The van der Waals surface area contributed by atoms with Crippen LogP contribution in [-0.4, -0.2) is 18.7 Å². The van der Waals surface area contributed by atoms with Crippen molar-refractivity contribution in [2.24, 2.45) is 0 Å². The summed E-state index contributed by atoms with van der Waals surface area (Å²) in [7, 11) is -3.67. The van der Waals surface area contributed by atoms with E-state index in [0.717, 1.165) is 0 Å². The number of halogens is 1. The van der Waals surface area contributed by atoms with Gasteiger partial charge in [-0.05, 0) is 40.5 Å². The van der Waals surface area contributed by atoms with Gasteiger partial charge in [0.25, 0.3) is 0 Å². The Kier molecular flexibility index (Phi) is 4.59. The number of aromatic nitrogens is 1. The van der Waals surface area contributed by atoms with Crippen molar-refractivity contribution >= 4 is 26.0 Å². The Labute approximate surface area is 125 Å². The van der Waals surface area contributed by atoms with Crippen LogP contribution in [0.2, 0.25) is 0 Å². The van der Waals surface area contributed by atoms with Gasteiger partial charge in [0, 0.05) is 10.5 Å². The second-order valence-electron chi connectivity index (χ2n) is 4.18. The maximum Gasteiger partial charge on any atom is 0.242 e. The van der Waals surface area contributed by atoms with Crippen LogP contribution in [0.15, 0.2) is 38.2 Å². The molecule has 1 aromatic carbocycles. The quantitative estimate of drug-likeness (QED) is 0.846. The Balaban J connectivity index is 2.18. The topological polar surface area (TPSA) is 92.4 Å². The van der Waals surface area contributed by atoms with Gasteiger partial charge >= 0.3 is 0 Å². The number of sulfonamides is 1. The molecule has 20 heavy (non-hydrogen) atoms. The Hall–Kier alpha value is -1.22. The summed E-state index contributed by atoms with van der Waals surface area (Å²) in [5, 5.41) is 12.7. The average Bonchev–Trinajstić information content (AvgIpc) is 2.82. The first-order valence-corrected chi connectivity index (χ1v) is 8.01. The highest BCUT2D eigenvalue weighted by atomic mass is 79.9. The molecular weight excluding hydrogens is 348 g/mol. The lowest BCUT2D eigenvalue weighted by Gasteiger charge is -2.08. The van der Waals surface area contributed by atoms with Crippen LogP contribution in [0.3, 0.4) is 0 Å². The minimum absolute atomic E-state index is 0.0495. The highest BCUT2D eigenvalue weighted by Gasteiger charge is 2.18. The highest BCUT2D eigenvalue weighted by Crippen LogP contribution is 2.23. The fraction of sp³-hybridized carbons (Fsp3) is 0.250. The van der Waals surface area contributed by atoms with Crippen LogP contribution >= 0.6 is 15.9 Å². The summed E-state index contributed by atoms with van der Waals surface area (Å²) >= 11 is 3.19. The average molecular weight is 361 g/mol. The van der Waals surface area contributed by atoms with Crippen LogP contribution in [0.5, 0.6) is 0 Å². The van der Waals surface area contributed by atoms with Crippen molar-refractivity contribution in [3.8, 4) is 0 Å². The van der Waals surface area contributed by atoms with Gasteiger partial charge in [-0.1, -0.05) is 11.2 Å². The molecule has 1 heterocycles. The van der Waals surface area contributed by atoms with Crippen LogP contribution in [0, 0.1) is 6.92 Å². The fourth-order valence-corrected chi connectivity index (χ4v) is 3.73. The molecule has 0 amide bonds. The SMILES string of the molecule is Cc1cc(CNS(=O)(=O)c2ccc(CO)cc2Br)no1. The summed E-state index contributed by atoms with van der Waals surface area (Å²) in [6.45, 7) is 1.63. The van der Waals surface area contributed by atoms with Gasteiger partial charge in [-0.3, -0.25) is 0 Å². The van der Waals surface area contributed by atoms with Gasteiger partial charge in [0.1, 0.15) is 5.76 Å². The predicted octanol–water partition coefficient (Wildman–Crippen LogP) is 1.72. The first-order chi connectivity index (χ1) is 9.42. The maximum atomic E-state index is 12.2. The van der Waals surface area contributed by atoms with E-state index in [1.165, 1.54) is 6.07 Å². The van der Waals surface area contributed by atoms with Crippen LogP contribution < -0.4 is 4.72 Å². The number of nitrogens with one attached hydrogen (secondary N) is 1. The Morgan fingerprint density at radius 3 is 2.70 bits per heavy atom. The number of aliphatic hydroxyl groups excluding tert-OH is 1. The molecule has 2 rings (SSSR count). The number of nitrogens with zero attached hydrogens (tertiary/aromatic N) is 1. The molecule has 6 nitrogen and oxygen atoms in total. The number of aliphatic hydroxyl groups is 1. The monoisotopic (exact) mass is 360 g/mol. The van der Waals surface area contributed by atoms with Crippen molar-refractivity contribution in [2.45, 2.75) is 25.0 Å². The van der Waals surface area contributed by atoms with E-state index in [0.29, 0.717) is 21.5 Å². The molecule has 108 valence electrons. The predicted molar refractivity (Wildman–Crippen MR) is 75.3 cm³/mol. The fourth-order valence-electron chi connectivity index (χ4n) is 1.61. The Morgan fingerprint density at radius 2 is 2.15 bits per heavy atom. The lowest BCUT2D eigenvalue weighted by atomic mass is 10.2. The summed E-state index contributed by atoms with van der Waals surface area (Å²) in [5.74, 6) is 0.618. The van der Waals surface area contributed by atoms with E-state index in [4.69, 9.17) is 9.63 Å². The molecule has 0 bridgehead atoms. The molecule has 2 aromatic rings. The van der Waals surface area contributed by atoms with Crippen LogP contribution in [0.1, 0.15) is 17.0 Å². The third-order valence-electron chi connectivity index (χ3n) is 2.59. The zero-order valence-corrected chi connectivity index (χ0v) is 13.0. The van der Waals surface area contributed by atoms with Crippen molar-refractivity contribution < 1.29 is 18.0 Å². The molecule has 0 spiro atoms. The normalized spacial score (nSPS) is 11.8. The zero-order valence-electron chi connectivity index (χ0n) is 10.6. The van der Waals surface area contributed by atoms with Crippen molar-refractivity contribution in [3.05, 3.63) is 45.8 Å². The molecule has 0 radical (unpaired) electrons. The van der Waals surface area contributed by atoms with Crippen molar-refractivity contribution in [3.63, 3.8) is 0 Å². The van der Waals surface area contributed by atoms with Gasteiger partial charge in [-0.2, -0.15) is 0 Å². The molecule has 2 N–H and O–H groups in total. The minimum Gasteiger partial charge on any atom is -0.392 e. The standard InChI is InChI=1S/C12H13BrN2O4S/c1-8-4-10(15-19-8)6-14-20(17,18)12-3-2-9(7-16)5-11(12)13/h2-5,14,16H,6-7H2,1H3. The van der Waals surface area contributed by atoms with Gasteiger partial charge in [0.15, 0.2) is 0 Å². The molecule has 1 aromatic heterocycles. The first-order valence-electron chi connectivity index (χ1n) is 5.73. The van der Waals surface area contributed by atoms with Crippen molar-refractivity contribution in [2.75, 3.05) is 0 Å². The molecule has 0 saturated carbocycles. The number of rotatable bonds is 5. The van der Waals surface area contributed by atoms with Gasteiger partial charge in [0.2, 0.25) is 10.0 Å². The van der Waals surface area contributed by atoms with E-state index in [1.54, 1.807) is 25.1 Å². The smallest absolute Gasteiger partial charge is 0.242 e. The number of aryl methyl sites for hydroxylation is 1. The van der Waals surface area contributed by atoms with Crippen LogP contribution in [0.25, 0.3) is 0 Å². The van der Waals surface area contributed by atoms with Gasteiger partial charge in [-0.25, -0.2) is 13.1 Å². The summed E-state index contributed by atoms with van der Waals surface area (Å²) in [6, 6.07) is 6.22. The largest absolute Gasteiger partial charge is 0.392 e. The zero-order chi connectivity index (χ0) is 14.8. The summed E-state index contributed by atoms with van der Waals surface area (Å²) in [4.78, 5) is 0.106. The maximum absolute atomic E-state index is 12.2. The minimum atomic E-state index is -3.67. The van der Waals surface area contributed by atoms with E-state index >= 15 is 0 Å². The van der Waals surface area contributed by atoms with E-state index in [-0.39, 0.29) is 18.0 Å². The molecule has 0 fully saturated rings. The molecule has 8 heteroatoms. The highest BCUT2D eigenvalue weighted by molar-refractivity contribution is 9.10. The second kappa shape index (κ2) is 6.04. The van der Waals surface area contributed by atoms with Crippen LogP contribution in [-0.2, 0) is 23.2 Å². The van der Waals surface area contributed by atoms with Gasteiger partial charge in [-0.15, -0.1) is 0 Å². The molecule has 0 aliphatic rings. The second-order valence-corrected chi connectivity index (χ2v) is 6.77. The van der Waals surface area contributed by atoms with Crippen molar-refractivity contribution in [1.29, 1.82) is 0 Å². The number of hydrogen-bond donors (Lipinski definition) is 2. The molecular formula is C12H13BrN2O4S. The van der Waals surface area contributed by atoms with Gasteiger partial charge in [0.05, 0.1) is 23.7 Å². The Bertz CT molecular complexity index is 712. The van der Waals surface area contributed by atoms with E-state index in [9.17, 15) is 8.42 Å². The third-order valence-corrected chi connectivity index (χ3v) is 4.97. The molecule has 0 aliphatic heterocycles. The molecule has 0 unspecified atom stereocenters. The number of benzene rings is 1. The lowest BCUT2D eigenvalue weighted by molar-refractivity contribution is 0.281. The summed E-state index contributed by atoms with van der Waals surface area (Å²) in [5.41, 5.74) is 1.14. The summed E-state index contributed by atoms with van der Waals surface area (Å²) < 4.78 is 32.0. The lowest BCUT2D eigenvalue weighted by Crippen LogP contribution is -2.23.